The summed E-state index contributed by atoms with van der Waals surface area (Å²) in [6.45, 7) is 5.66. The van der Waals surface area contributed by atoms with E-state index < -0.39 is 10.0 Å². The number of hydrogen-bond acceptors (Lipinski definition) is 7. The van der Waals surface area contributed by atoms with E-state index in [1.807, 2.05) is 24.5 Å². The fourth-order valence-electron chi connectivity index (χ4n) is 3.07. The van der Waals surface area contributed by atoms with Crippen molar-refractivity contribution in [3.8, 4) is 23.5 Å². The van der Waals surface area contributed by atoms with Crippen LogP contribution < -0.4 is 9.46 Å². The average molecular weight is 461 g/mol. The molecule has 0 fully saturated rings. The highest BCUT2D eigenvalue weighted by atomic mass is 32.2. The first kappa shape index (κ1) is 22.0. The Bertz CT molecular complexity index is 1450. The minimum absolute atomic E-state index is 0.0656. The number of ether oxygens (including phenoxy) is 1. The van der Waals surface area contributed by atoms with Crippen LogP contribution in [0.5, 0.6) is 11.6 Å². The van der Waals surface area contributed by atoms with Crippen molar-refractivity contribution in [2.75, 3.05) is 4.72 Å². The van der Waals surface area contributed by atoms with Crippen LogP contribution in [0.3, 0.4) is 0 Å². The molecule has 4 aromatic rings. The fourth-order valence-corrected chi connectivity index (χ4v) is 4.12. The van der Waals surface area contributed by atoms with Crippen molar-refractivity contribution in [1.29, 1.82) is 5.26 Å². The number of nitrogens with one attached hydrogen (secondary N) is 1. The van der Waals surface area contributed by atoms with Crippen LogP contribution in [0.15, 0.2) is 65.8 Å². The summed E-state index contributed by atoms with van der Waals surface area (Å²) < 4.78 is 35.4. The minimum atomic E-state index is -3.78. The van der Waals surface area contributed by atoms with E-state index in [0.717, 1.165) is 11.4 Å². The Morgan fingerprint density at radius 2 is 1.70 bits per heavy atom. The molecule has 0 unspecified atom stereocenters. The molecule has 33 heavy (non-hydrogen) atoms. The lowest BCUT2D eigenvalue weighted by Gasteiger charge is -2.11. The van der Waals surface area contributed by atoms with E-state index in [1.165, 1.54) is 24.3 Å². The summed E-state index contributed by atoms with van der Waals surface area (Å²) in [5.74, 6) is 2.02. The zero-order valence-corrected chi connectivity index (χ0v) is 19.0. The molecule has 0 spiro atoms. The van der Waals surface area contributed by atoms with Crippen LogP contribution in [-0.4, -0.2) is 27.9 Å². The van der Waals surface area contributed by atoms with Crippen molar-refractivity contribution in [3.05, 3.63) is 83.7 Å². The van der Waals surface area contributed by atoms with Crippen molar-refractivity contribution in [1.82, 2.24) is 19.5 Å². The smallest absolute Gasteiger partial charge is 0.261 e. The number of nitrogens with zero attached hydrogens (tertiary/aromatic N) is 5. The van der Waals surface area contributed by atoms with Gasteiger partial charge in [0.15, 0.2) is 0 Å². The van der Waals surface area contributed by atoms with Crippen LogP contribution in [0.25, 0.3) is 5.82 Å². The maximum atomic E-state index is 12.6. The van der Waals surface area contributed by atoms with Crippen LogP contribution in [0.2, 0.25) is 0 Å². The largest absolute Gasteiger partial charge is 0.439 e. The zero-order valence-electron chi connectivity index (χ0n) is 18.1. The van der Waals surface area contributed by atoms with E-state index in [9.17, 15) is 8.42 Å². The van der Waals surface area contributed by atoms with E-state index in [1.54, 1.807) is 43.6 Å². The molecule has 2 heterocycles. The third-order valence-corrected chi connectivity index (χ3v) is 6.32. The van der Waals surface area contributed by atoms with Crippen LogP contribution >= 0.6 is 0 Å². The Morgan fingerprint density at radius 1 is 1.00 bits per heavy atom. The van der Waals surface area contributed by atoms with E-state index in [4.69, 9.17) is 10.00 Å². The predicted molar refractivity (Wildman–Crippen MR) is 122 cm³/mol. The van der Waals surface area contributed by atoms with Gasteiger partial charge in [0.05, 0.1) is 22.2 Å². The van der Waals surface area contributed by atoms with E-state index >= 15 is 0 Å². The van der Waals surface area contributed by atoms with Crippen LogP contribution in [0, 0.1) is 32.1 Å². The van der Waals surface area contributed by atoms with Gasteiger partial charge in [-0.05, 0) is 69.3 Å². The van der Waals surface area contributed by atoms with Crippen molar-refractivity contribution >= 4 is 15.7 Å². The summed E-state index contributed by atoms with van der Waals surface area (Å²) >= 11 is 0. The SMILES string of the molecule is Cc1nc(Oc2ccc(NS(=O)(=O)c3ccc(C#N)cc3)cc2)cc(-n2cnc(C)c2C)n1. The molecular weight excluding hydrogens is 440 g/mol. The summed E-state index contributed by atoms with van der Waals surface area (Å²) in [6, 6.07) is 15.8. The summed E-state index contributed by atoms with van der Waals surface area (Å²) in [5.41, 5.74) is 2.64. The molecule has 0 atom stereocenters. The second kappa shape index (κ2) is 8.72. The minimum Gasteiger partial charge on any atom is -0.439 e. The number of benzene rings is 2. The molecule has 0 bridgehead atoms. The van der Waals surface area contributed by atoms with Gasteiger partial charge in [0, 0.05) is 17.4 Å². The van der Waals surface area contributed by atoms with Gasteiger partial charge < -0.3 is 4.74 Å². The number of anilines is 1. The second-order valence-corrected chi connectivity index (χ2v) is 8.95. The molecule has 4 rings (SSSR count). The molecule has 0 saturated heterocycles. The first-order valence-corrected chi connectivity index (χ1v) is 11.4. The molecule has 10 heteroatoms. The van der Waals surface area contributed by atoms with E-state index in [2.05, 4.69) is 19.7 Å². The van der Waals surface area contributed by atoms with Crippen LogP contribution in [0.4, 0.5) is 5.69 Å². The quantitative estimate of drug-likeness (QED) is 0.460. The highest BCUT2D eigenvalue weighted by Gasteiger charge is 2.14. The van der Waals surface area contributed by atoms with Gasteiger partial charge in [-0.25, -0.2) is 18.4 Å². The first-order chi connectivity index (χ1) is 15.7. The van der Waals surface area contributed by atoms with Crippen LogP contribution in [-0.2, 0) is 10.0 Å². The Morgan fingerprint density at radius 3 is 2.30 bits per heavy atom. The Labute approximate surface area is 191 Å². The van der Waals surface area contributed by atoms with Crippen molar-refractivity contribution in [2.45, 2.75) is 25.7 Å². The van der Waals surface area contributed by atoms with Gasteiger partial charge in [-0.15, -0.1) is 0 Å². The van der Waals surface area contributed by atoms with Crippen molar-refractivity contribution in [2.24, 2.45) is 0 Å². The third kappa shape index (κ3) is 4.83. The number of aromatic nitrogens is 4. The fraction of sp³-hybridized carbons (Fsp3) is 0.130. The Hall–Kier alpha value is -4.23. The van der Waals surface area contributed by atoms with Crippen molar-refractivity contribution in [3.63, 3.8) is 0 Å². The summed E-state index contributed by atoms with van der Waals surface area (Å²) in [5, 5.41) is 8.86. The van der Waals surface area contributed by atoms with Gasteiger partial charge in [0.2, 0.25) is 5.88 Å². The normalized spacial score (nSPS) is 11.1. The first-order valence-electron chi connectivity index (χ1n) is 9.93. The molecule has 2 aromatic carbocycles. The number of hydrogen-bond donors (Lipinski definition) is 1. The Kier molecular flexibility index (Phi) is 5.81. The molecule has 0 aliphatic rings. The van der Waals surface area contributed by atoms with Gasteiger partial charge in [-0.1, -0.05) is 0 Å². The lowest BCUT2D eigenvalue weighted by Crippen LogP contribution is -2.12. The molecule has 0 saturated carbocycles. The number of aryl methyl sites for hydroxylation is 2. The molecule has 0 radical (unpaired) electrons. The van der Waals surface area contributed by atoms with Gasteiger partial charge in [-0.2, -0.15) is 10.2 Å². The summed E-state index contributed by atoms with van der Waals surface area (Å²) in [4.78, 5) is 13.1. The molecule has 1 N–H and O–H groups in total. The lowest BCUT2D eigenvalue weighted by molar-refractivity contribution is 0.459. The number of rotatable bonds is 6. The van der Waals surface area contributed by atoms with Gasteiger partial charge in [0.25, 0.3) is 10.0 Å². The van der Waals surface area contributed by atoms with Crippen LogP contribution in [0.1, 0.15) is 22.8 Å². The zero-order chi connectivity index (χ0) is 23.6. The lowest BCUT2D eigenvalue weighted by atomic mass is 10.2. The van der Waals surface area contributed by atoms with Gasteiger partial charge in [-0.3, -0.25) is 9.29 Å². The topological polar surface area (TPSA) is 123 Å². The van der Waals surface area contributed by atoms with Crippen molar-refractivity contribution < 1.29 is 13.2 Å². The van der Waals surface area contributed by atoms with E-state index in [-0.39, 0.29) is 4.90 Å². The number of imidazole rings is 1. The third-order valence-electron chi connectivity index (χ3n) is 4.92. The second-order valence-electron chi connectivity index (χ2n) is 7.27. The monoisotopic (exact) mass is 460 g/mol. The standard InChI is InChI=1S/C23H20N6O3S/c1-15-16(2)29(14-25-15)22-12-23(27-17(3)26-22)32-20-8-6-19(7-9-20)28-33(30,31)21-10-4-18(13-24)5-11-21/h4-12,14,28H,1-3H3. The molecule has 0 aliphatic heterocycles. The van der Waals surface area contributed by atoms with Gasteiger partial charge >= 0.3 is 0 Å². The highest BCUT2D eigenvalue weighted by molar-refractivity contribution is 7.92. The molecule has 2 aromatic heterocycles. The maximum absolute atomic E-state index is 12.6. The molecule has 166 valence electrons. The Balaban J connectivity index is 1.51. The predicted octanol–water partition coefficient (Wildman–Crippen LogP) is 4.05. The molecule has 0 aliphatic carbocycles. The summed E-state index contributed by atoms with van der Waals surface area (Å²) in [7, 11) is -3.78. The van der Waals surface area contributed by atoms with E-state index in [0.29, 0.717) is 34.5 Å². The molecular formula is C23H20N6O3S. The summed E-state index contributed by atoms with van der Waals surface area (Å²) in [6.07, 6.45) is 1.70. The maximum Gasteiger partial charge on any atom is 0.261 e. The molecule has 0 amide bonds. The molecule has 9 nitrogen and oxygen atoms in total. The number of sulfonamides is 1. The average Bonchev–Trinajstić information content (AvgIpc) is 3.13. The highest BCUT2D eigenvalue weighted by Crippen LogP contribution is 2.25. The number of nitriles is 1. The van der Waals surface area contributed by atoms with Gasteiger partial charge in [0.1, 0.15) is 23.7 Å².